The zero-order valence-corrected chi connectivity index (χ0v) is 5.21. The molecule has 0 heterocycles. The molecule has 1 saturated carbocycles. The van der Waals surface area contributed by atoms with E-state index in [2.05, 4.69) is 0 Å². The second-order valence-electron chi connectivity index (χ2n) is 2.52. The third-order valence-electron chi connectivity index (χ3n) is 2.04. The van der Waals surface area contributed by atoms with Crippen molar-refractivity contribution >= 4 is 5.97 Å². The molecule has 0 aliphatic heterocycles. The van der Waals surface area contributed by atoms with Gasteiger partial charge in [0.15, 0.2) is 0 Å². The van der Waals surface area contributed by atoms with Crippen LogP contribution in [0.1, 0.15) is 12.8 Å². The highest BCUT2D eigenvalue weighted by Gasteiger charge is 2.34. The summed E-state index contributed by atoms with van der Waals surface area (Å²) in [4.78, 5) is 10.3. The van der Waals surface area contributed by atoms with E-state index in [0.29, 0.717) is 6.54 Å². The summed E-state index contributed by atoms with van der Waals surface area (Å²) < 4.78 is 0. The van der Waals surface area contributed by atoms with E-state index in [0.717, 1.165) is 12.8 Å². The summed E-state index contributed by atoms with van der Waals surface area (Å²) in [6, 6.07) is 0. The number of nitrogens with two attached hydrogens (primary N) is 1. The third kappa shape index (κ3) is 1.05. The molecular formula is C6H11NO2. The fourth-order valence-corrected chi connectivity index (χ4v) is 1.18. The largest absolute Gasteiger partial charge is 0.481 e. The van der Waals surface area contributed by atoms with Gasteiger partial charge in [-0.3, -0.25) is 4.79 Å². The molecular weight excluding hydrogens is 118 g/mol. The topological polar surface area (TPSA) is 63.3 Å². The number of aliphatic carboxylic acids is 1. The van der Waals surface area contributed by atoms with Gasteiger partial charge in [0.2, 0.25) is 0 Å². The van der Waals surface area contributed by atoms with Crippen LogP contribution in [0.15, 0.2) is 0 Å². The lowest BCUT2D eigenvalue weighted by atomic mass is 9.74. The van der Waals surface area contributed by atoms with Gasteiger partial charge in [-0.2, -0.15) is 0 Å². The first-order chi connectivity index (χ1) is 4.25. The average molecular weight is 129 g/mol. The molecule has 1 fully saturated rings. The lowest BCUT2D eigenvalue weighted by Crippen LogP contribution is -2.37. The smallest absolute Gasteiger partial charge is 0.306 e. The molecule has 52 valence electrons. The maximum Gasteiger partial charge on any atom is 0.306 e. The van der Waals surface area contributed by atoms with Gasteiger partial charge in [0.05, 0.1) is 5.92 Å². The Labute approximate surface area is 53.9 Å². The van der Waals surface area contributed by atoms with Crippen LogP contribution in [-0.4, -0.2) is 17.6 Å². The zero-order chi connectivity index (χ0) is 6.85. The highest BCUT2D eigenvalue weighted by molar-refractivity contribution is 5.71. The molecule has 0 amide bonds. The summed E-state index contributed by atoms with van der Waals surface area (Å²) in [6.07, 6.45) is 1.81. The molecule has 3 heteroatoms. The predicted molar refractivity (Wildman–Crippen MR) is 32.9 cm³/mol. The number of carboxylic acids is 1. The second-order valence-corrected chi connectivity index (χ2v) is 2.52. The van der Waals surface area contributed by atoms with Gasteiger partial charge in [-0.15, -0.1) is 0 Å². The number of carboxylic acid groups (broad SMARTS) is 1. The van der Waals surface area contributed by atoms with Crippen molar-refractivity contribution in [3.8, 4) is 0 Å². The Morgan fingerprint density at radius 3 is 2.44 bits per heavy atom. The fourth-order valence-electron chi connectivity index (χ4n) is 1.18. The first-order valence-corrected chi connectivity index (χ1v) is 3.18. The van der Waals surface area contributed by atoms with Crippen LogP contribution >= 0.6 is 0 Å². The number of rotatable bonds is 2. The molecule has 0 aromatic heterocycles. The monoisotopic (exact) mass is 129 g/mol. The summed E-state index contributed by atoms with van der Waals surface area (Å²) in [5.41, 5.74) is 5.30. The van der Waals surface area contributed by atoms with Gasteiger partial charge in [0.25, 0.3) is 0 Å². The van der Waals surface area contributed by atoms with E-state index in [4.69, 9.17) is 10.8 Å². The summed E-state index contributed by atoms with van der Waals surface area (Å²) in [7, 11) is 0. The first kappa shape index (κ1) is 6.55. The molecule has 1 aliphatic rings. The minimum atomic E-state index is -0.684. The molecule has 1 rings (SSSR count). The summed E-state index contributed by atoms with van der Waals surface area (Å²) in [6.45, 7) is 0.525. The van der Waals surface area contributed by atoms with E-state index in [-0.39, 0.29) is 11.8 Å². The predicted octanol–water partition coefficient (Wildman–Crippen LogP) is 0.0559. The van der Waals surface area contributed by atoms with Crippen molar-refractivity contribution in [2.45, 2.75) is 12.8 Å². The summed E-state index contributed by atoms with van der Waals surface area (Å²) in [5.74, 6) is -0.575. The molecule has 9 heavy (non-hydrogen) atoms. The van der Waals surface area contributed by atoms with Crippen LogP contribution in [0.25, 0.3) is 0 Å². The van der Waals surface area contributed by atoms with Crippen LogP contribution in [-0.2, 0) is 4.79 Å². The molecule has 0 radical (unpaired) electrons. The van der Waals surface area contributed by atoms with Crippen LogP contribution in [0.3, 0.4) is 0 Å². The van der Waals surface area contributed by atoms with E-state index in [1.54, 1.807) is 0 Å². The van der Waals surface area contributed by atoms with Crippen molar-refractivity contribution in [2.24, 2.45) is 17.6 Å². The quantitative estimate of drug-likeness (QED) is 0.554. The summed E-state index contributed by atoms with van der Waals surface area (Å²) >= 11 is 0. The van der Waals surface area contributed by atoms with E-state index >= 15 is 0 Å². The second kappa shape index (κ2) is 2.35. The number of hydrogen-bond donors (Lipinski definition) is 2. The molecule has 0 aromatic rings. The van der Waals surface area contributed by atoms with Crippen LogP contribution in [0, 0.1) is 11.8 Å². The maximum atomic E-state index is 10.3. The lowest BCUT2D eigenvalue weighted by Gasteiger charge is -2.31. The Bertz CT molecular complexity index is 122. The molecule has 3 nitrogen and oxygen atoms in total. The Hall–Kier alpha value is -0.570. The van der Waals surface area contributed by atoms with Crippen LogP contribution in [0.2, 0.25) is 0 Å². The van der Waals surface area contributed by atoms with Gasteiger partial charge in [0.1, 0.15) is 0 Å². The Balaban J connectivity index is 2.35. The number of carbonyl (C=O) groups is 1. The molecule has 2 atom stereocenters. The zero-order valence-electron chi connectivity index (χ0n) is 5.21. The van der Waals surface area contributed by atoms with Crippen molar-refractivity contribution in [3.05, 3.63) is 0 Å². The Morgan fingerprint density at radius 2 is 2.33 bits per heavy atom. The molecule has 3 N–H and O–H groups in total. The van der Waals surface area contributed by atoms with Crippen molar-refractivity contribution in [2.75, 3.05) is 6.54 Å². The Kier molecular flexibility index (Phi) is 1.71. The average Bonchev–Trinajstić information content (AvgIpc) is 1.61. The van der Waals surface area contributed by atoms with Gasteiger partial charge < -0.3 is 10.8 Å². The highest BCUT2D eigenvalue weighted by Crippen LogP contribution is 2.33. The van der Waals surface area contributed by atoms with Gasteiger partial charge >= 0.3 is 5.97 Å². The van der Waals surface area contributed by atoms with Crippen molar-refractivity contribution in [3.63, 3.8) is 0 Å². The fraction of sp³-hybridized carbons (Fsp3) is 0.833. The minimum Gasteiger partial charge on any atom is -0.481 e. The number of hydrogen-bond acceptors (Lipinski definition) is 2. The minimum absolute atomic E-state index is 0.144. The normalized spacial score (nSPS) is 33.4. The molecule has 1 aliphatic carbocycles. The molecule has 0 aromatic carbocycles. The standard InChI is InChI=1S/C6H11NO2/c7-3-4-1-2-5(4)6(8)9/h4-5H,1-3,7H2,(H,8,9)/t4-,5+/m0/s1. The van der Waals surface area contributed by atoms with Gasteiger partial charge in [-0.1, -0.05) is 0 Å². The highest BCUT2D eigenvalue weighted by atomic mass is 16.4. The van der Waals surface area contributed by atoms with E-state index in [1.807, 2.05) is 0 Å². The van der Waals surface area contributed by atoms with Gasteiger partial charge in [-0.05, 0) is 25.3 Å². The first-order valence-electron chi connectivity index (χ1n) is 3.18. The molecule has 0 spiro atoms. The van der Waals surface area contributed by atoms with Crippen molar-refractivity contribution in [1.29, 1.82) is 0 Å². The van der Waals surface area contributed by atoms with E-state index < -0.39 is 5.97 Å². The van der Waals surface area contributed by atoms with Crippen LogP contribution < -0.4 is 5.73 Å². The van der Waals surface area contributed by atoms with E-state index in [1.165, 1.54) is 0 Å². The maximum absolute atomic E-state index is 10.3. The molecule has 0 unspecified atom stereocenters. The lowest BCUT2D eigenvalue weighted by molar-refractivity contribution is -0.147. The van der Waals surface area contributed by atoms with Crippen molar-refractivity contribution in [1.82, 2.24) is 0 Å². The molecule has 0 saturated heterocycles. The van der Waals surface area contributed by atoms with Crippen LogP contribution in [0.5, 0.6) is 0 Å². The van der Waals surface area contributed by atoms with Gasteiger partial charge in [0, 0.05) is 0 Å². The molecule has 0 bridgehead atoms. The third-order valence-corrected chi connectivity index (χ3v) is 2.04. The van der Waals surface area contributed by atoms with E-state index in [9.17, 15) is 4.79 Å². The SMILES string of the molecule is NC[C@@H]1CC[C@H]1C(=O)O. The summed E-state index contributed by atoms with van der Waals surface area (Å²) in [5, 5.41) is 8.48. The van der Waals surface area contributed by atoms with Gasteiger partial charge in [-0.25, -0.2) is 0 Å². The Morgan fingerprint density at radius 1 is 1.67 bits per heavy atom. The van der Waals surface area contributed by atoms with Crippen LogP contribution in [0.4, 0.5) is 0 Å². The van der Waals surface area contributed by atoms with Crippen molar-refractivity contribution < 1.29 is 9.90 Å².